The van der Waals surface area contributed by atoms with Crippen LogP contribution in [0.1, 0.15) is 5.56 Å². The van der Waals surface area contributed by atoms with Gasteiger partial charge in [0.2, 0.25) is 0 Å². The van der Waals surface area contributed by atoms with Crippen LogP contribution in [0, 0.1) is 0 Å². The maximum absolute atomic E-state index is 6.05. The lowest BCUT2D eigenvalue weighted by atomic mass is 9.99. The molecule has 0 fully saturated rings. The average molecular weight is 189 g/mol. The smallest absolute Gasteiger partial charge is 0.178 e. The first-order chi connectivity index (χ1) is 6.73. The van der Waals surface area contributed by atoms with E-state index in [0.29, 0.717) is 5.70 Å². The van der Waals surface area contributed by atoms with Crippen molar-refractivity contribution in [2.24, 2.45) is 16.5 Å². The van der Waals surface area contributed by atoms with Crippen LogP contribution in [0.2, 0.25) is 0 Å². The standard InChI is InChI=1S/C9H11N5/c10-8-5-13-6-14-9(8,11)7-2-1-3-12-4-7/h1-6H,10-11H2,(H,13,14). The lowest BCUT2D eigenvalue weighted by molar-refractivity contribution is 0.537. The van der Waals surface area contributed by atoms with Crippen LogP contribution in [0.25, 0.3) is 0 Å². The second-order valence-corrected chi connectivity index (χ2v) is 3.03. The van der Waals surface area contributed by atoms with Gasteiger partial charge < -0.3 is 11.1 Å². The number of hydrogen-bond donors (Lipinski definition) is 3. The Morgan fingerprint density at radius 1 is 1.43 bits per heavy atom. The molecule has 0 aliphatic carbocycles. The van der Waals surface area contributed by atoms with Crippen molar-refractivity contribution in [3.8, 4) is 0 Å². The number of aromatic nitrogens is 1. The van der Waals surface area contributed by atoms with E-state index in [1.807, 2.05) is 6.07 Å². The SMILES string of the molecule is NC1=CNC=NC1(N)c1cccnc1. The highest BCUT2D eigenvalue weighted by Crippen LogP contribution is 2.24. The van der Waals surface area contributed by atoms with Gasteiger partial charge in [0, 0.05) is 24.2 Å². The van der Waals surface area contributed by atoms with Gasteiger partial charge in [-0.2, -0.15) is 0 Å². The molecule has 1 aromatic heterocycles. The van der Waals surface area contributed by atoms with E-state index < -0.39 is 5.66 Å². The summed E-state index contributed by atoms with van der Waals surface area (Å²) in [6.07, 6.45) is 6.48. The first-order valence-corrected chi connectivity index (χ1v) is 4.19. The molecule has 1 aromatic rings. The molecule has 5 heteroatoms. The Morgan fingerprint density at radius 2 is 2.29 bits per heavy atom. The van der Waals surface area contributed by atoms with Crippen LogP contribution in [0.15, 0.2) is 41.4 Å². The first-order valence-electron chi connectivity index (χ1n) is 4.19. The number of nitrogens with zero attached hydrogens (tertiary/aromatic N) is 2. The van der Waals surface area contributed by atoms with Crippen molar-refractivity contribution in [3.05, 3.63) is 42.0 Å². The lowest BCUT2D eigenvalue weighted by Gasteiger charge is -2.27. The van der Waals surface area contributed by atoms with E-state index in [2.05, 4.69) is 15.3 Å². The molecule has 1 atom stereocenters. The molecule has 5 N–H and O–H groups in total. The van der Waals surface area contributed by atoms with Crippen molar-refractivity contribution in [2.45, 2.75) is 5.66 Å². The van der Waals surface area contributed by atoms with Gasteiger partial charge in [-0.05, 0) is 6.07 Å². The molecule has 0 aromatic carbocycles. The van der Waals surface area contributed by atoms with Gasteiger partial charge in [-0.15, -0.1) is 0 Å². The maximum Gasteiger partial charge on any atom is 0.178 e. The molecule has 0 radical (unpaired) electrons. The second kappa shape index (κ2) is 3.12. The zero-order valence-electron chi connectivity index (χ0n) is 7.51. The summed E-state index contributed by atoms with van der Waals surface area (Å²) in [6.45, 7) is 0. The minimum absolute atomic E-state index is 0.466. The van der Waals surface area contributed by atoms with E-state index in [-0.39, 0.29) is 0 Å². The minimum atomic E-state index is -0.987. The normalized spacial score (nSPS) is 25.4. The quantitative estimate of drug-likeness (QED) is 0.562. The van der Waals surface area contributed by atoms with Gasteiger partial charge in [0.15, 0.2) is 5.66 Å². The van der Waals surface area contributed by atoms with E-state index in [1.54, 1.807) is 24.7 Å². The van der Waals surface area contributed by atoms with Gasteiger partial charge in [0.05, 0.1) is 12.0 Å². The summed E-state index contributed by atoms with van der Waals surface area (Å²) in [5.41, 5.74) is 12.1. The van der Waals surface area contributed by atoms with Gasteiger partial charge >= 0.3 is 0 Å². The predicted octanol–water partition coefficient (Wildman–Crippen LogP) is -0.375. The second-order valence-electron chi connectivity index (χ2n) is 3.03. The highest BCUT2D eigenvalue weighted by Gasteiger charge is 2.30. The highest BCUT2D eigenvalue weighted by molar-refractivity contribution is 5.60. The number of hydrogen-bond acceptors (Lipinski definition) is 5. The van der Waals surface area contributed by atoms with Crippen LogP contribution < -0.4 is 16.8 Å². The number of nitrogens with two attached hydrogens (primary N) is 2. The van der Waals surface area contributed by atoms with E-state index in [4.69, 9.17) is 11.5 Å². The largest absolute Gasteiger partial charge is 0.397 e. The third-order valence-corrected chi connectivity index (χ3v) is 2.12. The van der Waals surface area contributed by atoms with E-state index in [1.165, 1.54) is 6.34 Å². The molecule has 0 saturated carbocycles. The fourth-order valence-corrected chi connectivity index (χ4v) is 1.28. The average Bonchev–Trinajstić information content (AvgIpc) is 2.24. The first kappa shape index (κ1) is 8.71. The molecule has 1 aliphatic rings. The van der Waals surface area contributed by atoms with Gasteiger partial charge in [-0.25, -0.2) is 4.99 Å². The summed E-state index contributed by atoms with van der Waals surface area (Å²) < 4.78 is 0. The fraction of sp³-hybridized carbons (Fsp3) is 0.111. The zero-order chi connectivity index (χ0) is 10.0. The number of rotatable bonds is 1. The Balaban J connectivity index is 2.46. The molecule has 0 bridgehead atoms. The summed E-state index contributed by atoms with van der Waals surface area (Å²) in [5, 5.41) is 2.78. The van der Waals surface area contributed by atoms with Crippen molar-refractivity contribution in [1.29, 1.82) is 0 Å². The van der Waals surface area contributed by atoms with Crippen LogP contribution in [0.5, 0.6) is 0 Å². The lowest BCUT2D eigenvalue weighted by Crippen LogP contribution is -2.43. The van der Waals surface area contributed by atoms with Crippen LogP contribution in [-0.4, -0.2) is 11.3 Å². The molecule has 0 amide bonds. The molecule has 1 unspecified atom stereocenters. The molecule has 2 rings (SSSR count). The molecule has 1 aliphatic heterocycles. The van der Waals surface area contributed by atoms with Crippen LogP contribution in [0.4, 0.5) is 0 Å². The topological polar surface area (TPSA) is 89.3 Å². The Morgan fingerprint density at radius 3 is 2.93 bits per heavy atom. The summed E-state index contributed by atoms with van der Waals surface area (Å²) in [7, 11) is 0. The van der Waals surface area contributed by atoms with Crippen LogP contribution >= 0.6 is 0 Å². The van der Waals surface area contributed by atoms with E-state index >= 15 is 0 Å². The molecule has 2 heterocycles. The minimum Gasteiger partial charge on any atom is -0.397 e. The maximum atomic E-state index is 6.05. The van der Waals surface area contributed by atoms with E-state index in [9.17, 15) is 0 Å². The Labute approximate surface area is 81.5 Å². The molecular weight excluding hydrogens is 178 g/mol. The summed E-state index contributed by atoms with van der Waals surface area (Å²) in [6, 6.07) is 3.64. The molecular formula is C9H11N5. The number of pyridine rings is 1. The molecule has 5 nitrogen and oxygen atoms in total. The van der Waals surface area contributed by atoms with Crippen LogP contribution in [0.3, 0.4) is 0 Å². The van der Waals surface area contributed by atoms with Crippen LogP contribution in [-0.2, 0) is 5.66 Å². The van der Waals surface area contributed by atoms with Crippen molar-refractivity contribution >= 4 is 6.34 Å². The van der Waals surface area contributed by atoms with Gasteiger partial charge in [0.25, 0.3) is 0 Å². The van der Waals surface area contributed by atoms with Gasteiger partial charge in [-0.3, -0.25) is 10.7 Å². The Hall–Kier alpha value is -1.88. The monoisotopic (exact) mass is 189 g/mol. The molecule has 0 spiro atoms. The van der Waals surface area contributed by atoms with Gasteiger partial charge in [-0.1, -0.05) is 6.07 Å². The molecule has 0 saturated heterocycles. The Bertz CT molecular complexity index is 383. The summed E-state index contributed by atoms with van der Waals surface area (Å²) >= 11 is 0. The number of nitrogens with one attached hydrogen (secondary N) is 1. The third-order valence-electron chi connectivity index (χ3n) is 2.12. The highest BCUT2D eigenvalue weighted by atomic mass is 15.1. The van der Waals surface area contributed by atoms with Crippen molar-refractivity contribution in [1.82, 2.24) is 10.3 Å². The fourth-order valence-electron chi connectivity index (χ4n) is 1.28. The predicted molar refractivity (Wildman–Crippen MR) is 54.0 cm³/mol. The van der Waals surface area contributed by atoms with Crippen molar-refractivity contribution < 1.29 is 0 Å². The zero-order valence-corrected chi connectivity index (χ0v) is 7.51. The molecule has 72 valence electrons. The van der Waals surface area contributed by atoms with Crippen molar-refractivity contribution in [2.75, 3.05) is 0 Å². The number of aliphatic imine (C=N–C) groups is 1. The molecule has 14 heavy (non-hydrogen) atoms. The summed E-state index contributed by atoms with van der Waals surface area (Å²) in [5.74, 6) is 0. The van der Waals surface area contributed by atoms with Gasteiger partial charge in [0.1, 0.15) is 0 Å². The summed E-state index contributed by atoms with van der Waals surface area (Å²) in [4.78, 5) is 8.10. The Kier molecular flexibility index (Phi) is 1.94. The third kappa shape index (κ3) is 1.23. The van der Waals surface area contributed by atoms with E-state index in [0.717, 1.165) is 5.56 Å². The van der Waals surface area contributed by atoms with Crippen molar-refractivity contribution in [3.63, 3.8) is 0 Å².